The van der Waals surface area contributed by atoms with Crippen molar-refractivity contribution in [2.45, 2.75) is 32.9 Å². The molecule has 5 rings (SSSR count). The van der Waals surface area contributed by atoms with Crippen molar-refractivity contribution < 1.29 is 9.53 Å². The number of carbonyl (C=O) groups excluding carboxylic acids is 1. The second-order valence-corrected chi connectivity index (χ2v) is 8.57. The molecule has 0 spiro atoms. The average molecular weight is 396 g/mol. The zero-order chi connectivity index (χ0) is 18.5. The van der Waals surface area contributed by atoms with Gasteiger partial charge >= 0.3 is 5.97 Å². The molecule has 0 bridgehead atoms. The van der Waals surface area contributed by atoms with Crippen LogP contribution in [0.3, 0.4) is 0 Å². The number of aromatic nitrogens is 2. The molecule has 4 heterocycles. The lowest BCUT2D eigenvalue weighted by atomic mass is 10.2. The van der Waals surface area contributed by atoms with Gasteiger partial charge in [0.25, 0.3) is 5.56 Å². The minimum atomic E-state index is -0.393. The molecular weight excluding hydrogens is 380 g/mol. The molecule has 4 aromatic rings. The fourth-order valence-corrected chi connectivity index (χ4v) is 5.66. The van der Waals surface area contributed by atoms with Gasteiger partial charge in [0.2, 0.25) is 0 Å². The molecule has 0 aliphatic carbocycles. The first-order valence-corrected chi connectivity index (χ1v) is 10.5. The third-order valence-electron chi connectivity index (χ3n) is 5.02. The van der Waals surface area contributed by atoms with E-state index >= 15 is 0 Å². The van der Waals surface area contributed by atoms with Crippen molar-refractivity contribution in [2.75, 3.05) is 0 Å². The van der Waals surface area contributed by atoms with Gasteiger partial charge in [-0.2, -0.15) is 0 Å². The molecular formula is C20H16N2O3S2. The number of aryl methyl sites for hydroxylation is 2. The van der Waals surface area contributed by atoms with E-state index in [1.807, 2.05) is 23.6 Å². The Labute approximate surface area is 162 Å². The van der Waals surface area contributed by atoms with E-state index < -0.39 is 5.97 Å². The molecule has 1 aliphatic rings. The number of ether oxygens (including phenoxy) is 1. The van der Waals surface area contributed by atoms with E-state index in [0.717, 1.165) is 29.6 Å². The SMILES string of the molecule is Cc1c(C(=O)OCc2csc3ccccc23)sc2nc3n(c(=O)c12)CCC3. The number of hydrogen-bond acceptors (Lipinski definition) is 6. The predicted octanol–water partition coefficient (Wildman–Crippen LogP) is 4.28. The molecule has 0 amide bonds. The number of nitrogens with zero attached hydrogens (tertiary/aromatic N) is 2. The number of esters is 1. The van der Waals surface area contributed by atoms with Gasteiger partial charge in [-0.25, -0.2) is 9.78 Å². The summed E-state index contributed by atoms with van der Waals surface area (Å²) >= 11 is 2.90. The Hall–Kier alpha value is -2.51. The highest BCUT2D eigenvalue weighted by Crippen LogP contribution is 2.30. The fourth-order valence-electron chi connectivity index (χ4n) is 3.62. The molecule has 0 saturated carbocycles. The largest absolute Gasteiger partial charge is 0.457 e. The van der Waals surface area contributed by atoms with E-state index in [1.165, 1.54) is 16.0 Å². The Morgan fingerprint density at radius 3 is 3.07 bits per heavy atom. The van der Waals surface area contributed by atoms with Crippen LogP contribution in [0.15, 0.2) is 34.4 Å². The van der Waals surface area contributed by atoms with E-state index in [0.29, 0.717) is 27.2 Å². The second-order valence-electron chi connectivity index (χ2n) is 6.66. The number of hydrogen-bond donors (Lipinski definition) is 0. The molecule has 136 valence electrons. The van der Waals surface area contributed by atoms with Crippen LogP contribution >= 0.6 is 22.7 Å². The van der Waals surface area contributed by atoms with Crippen molar-refractivity contribution in [2.24, 2.45) is 0 Å². The summed E-state index contributed by atoms with van der Waals surface area (Å²) in [6, 6.07) is 8.07. The fraction of sp³-hybridized carbons (Fsp3) is 0.250. The molecule has 0 fully saturated rings. The molecule has 27 heavy (non-hydrogen) atoms. The second kappa shape index (κ2) is 6.28. The maximum Gasteiger partial charge on any atom is 0.349 e. The minimum Gasteiger partial charge on any atom is -0.457 e. The van der Waals surface area contributed by atoms with Gasteiger partial charge in [-0.1, -0.05) is 18.2 Å². The summed E-state index contributed by atoms with van der Waals surface area (Å²) in [6.07, 6.45) is 1.76. The number of rotatable bonds is 3. The molecule has 0 saturated heterocycles. The van der Waals surface area contributed by atoms with Crippen molar-refractivity contribution in [3.63, 3.8) is 0 Å². The highest BCUT2D eigenvalue weighted by molar-refractivity contribution is 7.20. The lowest BCUT2D eigenvalue weighted by Crippen LogP contribution is -2.20. The summed E-state index contributed by atoms with van der Waals surface area (Å²) in [7, 11) is 0. The van der Waals surface area contributed by atoms with Crippen LogP contribution < -0.4 is 5.56 Å². The Morgan fingerprint density at radius 1 is 1.33 bits per heavy atom. The molecule has 0 N–H and O–H groups in total. The monoisotopic (exact) mass is 396 g/mol. The third kappa shape index (κ3) is 2.61. The predicted molar refractivity (Wildman–Crippen MR) is 108 cm³/mol. The first-order valence-electron chi connectivity index (χ1n) is 8.78. The quantitative estimate of drug-likeness (QED) is 0.485. The molecule has 0 unspecified atom stereocenters. The maximum atomic E-state index is 12.7. The molecule has 1 aromatic carbocycles. The van der Waals surface area contributed by atoms with Crippen molar-refractivity contribution in [3.05, 3.63) is 61.8 Å². The van der Waals surface area contributed by atoms with Gasteiger partial charge in [-0.3, -0.25) is 9.36 Å². The summed E-state index contributed by atoms with van der Waals surface area (Å²) < 4.78 is 8.48. The van der Waals surface area contributed by atoms with Gasteiger partial charge in [0, 0.05) is 23.2 Å². The zero-order valence-corrected chi connectivity index (χ0v) is 16.3. The normalized spacial score (nSPS) is 13.4. The lowest BCUT2D eigenvalue weighted by molar-refractivity contribution is 0.0480. The van der Waals surface area contributed by atoms with Gasteiger partial charge in [0.15, 0.2) is 0 Å². The molecule has 0 radical (unpaired) electrons. The summed E-state index contributed by atoms with van der Waals surface area (Å²) in [5.74, 6) is 0.425. The topological polar surface area (TPSA) is 61.2 Å². The van der Waals surface area contributed by atoms with Gasteiger partial charge in [-0.15, -0.1) is 22.7 Å². The smallest absolute Gasteiger partial charge is 0.349 e. The van der Waals surface area contributed by atoms with Gasteiger partial charge in [0.05, 0.1) is 5.39 Å². The molecule has 0 atom stereocenters. The summed E-state index contributed by atoms with van der Waals surface area (Å²) in [5.41, 5.74) is 1.64. The van der Waals surface area contributed by atoms with Crippen molar-refractivity contribution in [3.8, 4) is 0 Å². The highest BCUT2D eigenvalue weighted by Gasteiger charge is 2.24. The number of carbonyl (C=O) groups is 1. The Morgan fingerprint density at radius 2 is 2.19 bits per heavy atom. The molecule has 1 aliphatic heterocycles. The lowest BCUT2D eigenvalue weighted by Gasteiger charge is -2.04. The van der Waals surface area contributed by atoms with Crippen molar-refractivity contribution in [1.29, 1.82) is 0 Å². The Bertz CT molecular complexity index is 1270. The first-order chi connectivity index (χ1) is 13.1. The van der Waals surface area contributed by atoms with Crippen molar-refractivity contribution in [1.82, 2.24) is 9.55 Å². The van der Waals surface area contributed by atoms with E-state index in [1.54, 1.807) is 22.8 Å². The van der Waals surface area contributed by atoms with Crippen LogP contribution in [0.5, 0.6) is 0 Å². The van der Waals surface area contributed by atoms with Gasteiger partial charge in [0.1, 0.15) is 22.1 Å². The van der Waals surface area contributed by atoms with E-state index in [-0.39, 0.29) is 12.2 Å². The summed E-state index contributed by atoms with van der Waals surface area (Å²) in [4.78, 5) is 31.1. The van der Waals surface area contributed by atoms with Crippen molar-refractivity contribution >= 4 is 48.9 Å². The molecule has 5 nitrogen and oxygen atoms in total. The van der Waals surface area contributed by atoms with Crippen LogP contribution in [0.1, 0.15) is 33.0 Å². The highest BCUT2D eigenvalue weighted by atomic mass is 32.1. The number of benzene rings is 1. The molecule has 7 heteroatoms. The Kier molecular flexibility index (Phi) is 3.87. The third-order valence-corrected chi connectivity index (χ3v) is 7.19. The van der Waals surface area contributed by atoms with Crippen LogP contribution in [0, 0.1) is 6.92 Å². The Balaban J connectivity index is 1.47. The molecule has 3 aromatic heterocycles. The van der Waals surface area contributed by atoms with Crippen LogP contribution in [-0.2, 0) is 24.3 Å². The van der Waals surface area contributed by atoms with Crippen LogP contribution in [0.4, 0.5) is 0 Å². The average Bonchev–Trinajstić information content (AvgIpc) is 3.37. The van der Waals surface area contributed by atoms with E-state index in [9.17, 15) is 9.59 Å². The zero-order valence-electron chi connectivity index (χ0n) is 14.7. The van der Waals surface area contributed by atoms with E-state index in [4.69, 9.17) is 4.74 Å². The minimum absolute atomic E-state index is 0.0378. The first kappa shape index (κ1) is 16.6. The number of fused-ring (bicyclic) bond motifs is 3. The maximum absolute atomic E-state index is 12.7. The van der Waals surface area contributed by atoms with Gasteiger partial charge in [-0.05, 0) is 35.7 Å². The summed E-state index contributed by atoms with van der Waals surface area (Å²) in [5, 5.41) is 3.69. The van der Waals surface area contributed by atoms with E-state index in [2.05, 4.69) is 11.1 Å². The van der Waals surface area contributed by atoms with Crippen LogP contribution in [-0.4, -0.2) is 15.5 Å². The summed E-state index contributed by atoms with van der Waals surface area (Å²) in [6.45, 7) is 2.73. The standard InChI is InChI=1S/C20H16N2O3S2/c1-11-16-18(21-15-7-4-8-22(15)19(16)23)27-17(11)20(24)25-9-12-10-26-14-6-3-2-5-13(12)14/h2-3,5-6,10H,4,7-9H2,1H3. The van der Waals surface area contributed by atoms with Crippen LogP contribution in [0.2, 0.25) is 0 Å². The van der Waals surface area contributed by atoms with Crippen LogP contribution in [0.25, 0.3) is 20.3 Å². The number of thiophene rings is 2. The van der Waals surface area contributed by atoms with Gasteiger partial charge < -0.3 is 4.74 Å².